The van der Waals surface area contributed by atoms with E-state index in [2.05, 4.69) is 20.7 Å². The van der Waals surface area contributed by atoms with Gasteiger partial charge in [-0.1, -0.05) is 12.1 Å². The van der Waals surface area contributed by atoms with Gasteiger partial charge in [-0.05, 0) is 35.7 Å². The molecule has 1 amide bonds. The molecule has 2 heterocycles. The number of thiophene rings is 1. The molecule has 1 aromatic carbocycles. The number of anilines is 1. The summed E-state index contributed by atoms with van der Waals surface area (Å²) in [5, 5.41) is 15.5. The van der Waals surface area contributed by atoms with Gasteiger partial charge in [-0.2, -0.15) is 4.80 Å². The van der Waals surface area contributed by atoms with Crippen molar-refractivity contribution in [3.05, 3.63) is 47.3 Å². The van der Waals surface area contributed by atoms with E-state index < -0.39 is 35.3 Å². The third-order valence-corrected chi connectivity index (χ3v) is 4.22. The van der Waals surface area contributed by atoms with Gasteiger partial charge in [0.1, 0.15) is 17.3 Å². The fourth-order valence-electron chi connectivity index (χ4n) is 2.06. The summed E-state index contributed by atoms with van der Waals surface area (Å²) in [6.45, 7) is 0.905. The average molecular weight is 393 g/mol. The second-order valence-corrected chi connectivity index (χ2v) is 6.29. The number of amides is 1. The van der Waals surface area contributed by atoms with E-state index >= 15 is 0 Å². The number of tetrazole rings is 1. The number of benzene rings is 1. The van der Waals surface area contributed by atoms with Gasteiger partial charge in [-0.15, -0.1) is 21.5 Å². The lowest BCUT2D eigenvalue weighted by Gasteiger charge is -2.14. The summed E-state index contributed by atoms with van der Waals surface area (Å²) in [6.07, 6.45) is -1.28. The molecule has 27 heavy (non-hydrogen) atoms. The molecular formula is C16H13F2N5O3S. The first-order chi connectivity index (χ1) is 12.9. The Labute approximate surface area is 155 Å². The van der Waals surface area contributed by atoms with Crippen molar-refractivity contribution in [3.63, 3.8) is 0 Å². The lowest BCUT2D eigenvalue weighted by atomic mass is 10.2. The molecular weight excluding hydrogens is 380 g/mol. The Kier molecular flexibility index (Phi) is 5.50. The molecule has 0 aliphatic heterocycles. The number of halogens is 2. The van der Waals surface area contributed by atoms with Crippen LogP contribution in [0.3, 0.4) is 0 Å². The molecule has 3 rings (SSSR count). The van der Waals surface area contributed by atoms with E-state index in [1.165, 1.54) is 24.3 Å². The van der Waals surface area contributed by atoms with Crippen LogP contribution in [0.2, 0.25) is 0 Å². The maximum Gasteiger partial charge on any atom is 0.330 e. The average Bonchev–Trinajstić information content (AvgIpc) is 3.29. The predicted octanol–water partition coefficient (Wildman–Crippen LogP) is 2.25. The van der Waals surface area contributed by atoms with Crippen LogP contribution in [0.4, 0.5) is 14.5 Å². The number of ether oxygens (including phenoxy) is 1. The van der Waals surface area contributed by atoms with E-state index in [4.69, 9.17) is 4.74 Å². The highest BCUT2D eigenvalue weighted by atomic mass is 32.1. The minimum absolute atomic E-state index is 0.360. The molecule has 0 spiro atoms. The molecule has 1 N–H and O–H groups in total. The number of hydrogen-bond donors (Lipinski definition) is 1. The number of esters is 1. The van der Waals surface area contributed by atoms with E-state index in [9.17, 15) is 18.4 Å². The maximum absolute atomic E-state index is 13.6. The number of hydrogen-bond acceptors (Lipinski definition) is 7. The fraction of sp³-hybridized carbons (Fsp3) is 0.188. The normalized spacial score (nSPS) is 11.8. The Morgan fingerprint density at radius 3 is 2.67 bits per heavy atom. The summed E-state index contributed by atoms with van der Waals surface area (Å²) in [7, 11) is 0. The van der Waals surface area contributed by atoms with Gasteiger partial charge in [-0.3, -0.25) is 4.79 Å². The number of carbonyl (C=O) groups is 2. The van der Waals surface area contributed by atoms with Crippen molar-refractivity contribution in [3.8, 4) is 10.7 Å². The van der Waals surface area contributed by atoms with Crippen molar-refractivity contribution in [1.82, 2.24) is 20.2 Å². The third kappa shape index (κ3) is 4.50. The Bertz CT molecular complexity index is 941. The number of nitrogens with zero attached hydrogens (tertiary/aromatic N) is 4. The Morgan fingerprint density at radius 2 is 2.00 bits per heavy atom. The standard InChI is InChI=1S/C16H13F2N5O3S/c1-9(16(25)19-14-10(17)4-2-5-11(14)18)26-13(24)8-23-21-15(20-22-23)12-6-3-7-27-12/h2-7,9H,8H2,1H3,(H,19,25)/t9-/m1/s1. The summed E-state index contributed by atoms with van der Waals surface area (Å²) >= 11 is 1.42. The van der Waals surface area contributed by atoms with E-state index in [-0.39, 0.29) is 6.54 Å². The topological polar surface area (TPSA) is 99.0 Å². The van der Waals surface area contributed by atoms with Crippen LogP contribution in [0.15, 0.2) is 35.7 Å². The minimum atomic E-state index is -1.28. The predicted molar refractivity (Wildman–Crippen MR) is 91.7 cm³/mol. The first kappa shape index (κ1) is 18.6. The molecule has 0 radical (unpaired) electrons. The van der Waals surface area contributed by atoms with Crippen LogP contribution in [0.5, 0.6) is 0 Å². The Balaban J connectivity index is 1.56. The zero-order valence-corrected chi connectivity index (χ0v) is 14.7. The van der Waals surface area contributed by atoms with Crippen LogP contribution in [-0.4, -0.2) is 38.2 Å². The van der Waals surface area contributed by atoms with Crippen molar-refractivity contribution in [2.24, 2.45) is 0 Å². The molecule has 0 saturated heterocycles. The van der Waals surface area contributed by atoms with Gasteiger partial charge in [0.2, 0.25) is 5.82 Å². The highest BCUT2D eigenvalue weighted by molar-refractivity contribution is 7.13. The molecule has 11 heteroatoms. The molecule has 0 unspecified atom stereocenters. The Hall–Kier alpha value is -3.21. The molecule has 2 aromatic heterocycles. The quantitative estimate of drug-likeness (QED) is 0.645. The largest absolute Gasteiger partial charge is 0.451 e. The van der Waals surface area contributed by atoms with Gasteiger partial charge in [0, 0.05) is 0 Å². The van der Waals surface area contributed by atoms with E-state index in [1.54, 1.807) is 6.07 Å². The van der Waals surface area contributed by atoms with Gasteiger partial charge in [-0.25, -0.2) is 13.6 Å². The van der Waals surface area contributed by atoms with E-state index in [1.807, 2.05) is 11.4 Å². The second kappa shape index (κ2) is 7.99. The molecule has 1 atom stereocenters. The number of carbonyl (C=O) groups excluding carboxylic acids is 2. The number of nitrogens with one attached hydrogen (secondary N) is 1. The lowest BCUT2D eigenvalue weighted by Crippen LogP contribution is -2.32. The highest BCUT2D eigenvalue weighted by Crippen LogP contribution is 2.20. The Morgan fingerprint density at radius 1 is 1.26 bits per heavy atom. The zero-order chi connectivity index (χ0) is 19.4. The summed E-state index contributed by atoms with van der Waals surface area (Å²) in [5.41, 5.74) is -0.607. The SMILES string of the molecule is C[C@@H](OC(=O)Cn1nnc(-c2cccs2)n1)C(=O)Nc1c(F)cccc1F. The molecule has 140 valence electrons. The van der Waals surface area contributed by atoms with Crippen LogP contribution >= 0.6 is 11.3 Å². The highest BCUT2D eigenvalue weighted by Gasteiger charge is 2.21. The number of para-hydroxylation sites is 1. The molecule has 8 nitrogen and oxygen atoms in total. The third-order valence-electron chi connectivity index (χ3n) is 3.35. The van der Waals surface area contributed by atoms with E-state index in [0.717, 1.165) is 21.8 Å². The molecule has 0 saturated carbocycles. The molecule has 0 aliphatic rings. The van der Waals surface area contributed by atoms with E-state index in [0.29, 0.717) is 5.82 Å². The molecule has 0 aliphatic carbocycles. The van der Waals surface area contributed by atoms with Crippen LogP contribution in [-0.2, 0) is 20.9 Å². The maximum atomic E-state index is 13.6. The van der Waals surface area contributed by atoms with Crippen molar-refractivity contribution < 1.29 is 23.1 Å². The first-order valence-electron chi connectivity index (χ1n) is 7.70. The van der Waals surface area contributed by atoms with Gasteiger partial charge < -0.3 is 10.1 Å². The van der Waals surface area contributed by atoms with Crippen LogP contribution in [0.1, 0.15) is 6.92 Å². The summed E-state index contributed by atoms with van der Waals surface area (Å²) in [6, 6.07) is 6.79. The minimum Gasteiger partial charge on any atom is -0.451 e. The van der Waals surface area contributed by atoms with Crippen LogP contribution < -0.4 is 5.32 Å². The molecule has 0 bridgehead atoms. The van der Waals surface area contributed by atoms with Crippen molar-refractivity contribution in [1.29, 1.82) is 0 Å². The fourth-order valence-corrected chi connectivity index (χ4v) is 2.71. The van der Waals surface area contributed by atoms with Gasteiger partial charge >= 0.3 is 5.97 Å². The van der Waals surface area contributed by atoms with Crippen molar-refractivity contribution in [2.45, 2.75) is 19.6 Å². The summed E-state index contributed by atoms with van der Waals surface area (Å²) in [4.78, 5) is 25.7. The van der Waals surface area contributed by atoms with Gasteiger partial charge in [0.15, 0.2) is 12.6 Å². The number of aromatic nitrogens is 4. The summed E-state index contributed by atoms with van der Waals surface area (Å²) < 4.78 is 32.1. The zero-order valence-electron chi connectivity index (χ0n) is 13.9. The monoisotopic (exact) mass is 393 g/mol. The number of rotatable bonds is 6. The van der Waals surface area contributed by atoms with Gasteiger partial charge in [0.25, 0.3) is 5.91 Å². The molecule has 3 aromatic rings. The summed E-state index contributed by atoms with van der Waals surface area (Å²) in [5.74, 6) is -3.19. The van der Waals surface area contributed by atoms with Crippen molar-refractivity contribution >= 4 is 28.9 Å². The lowest BCUT2D eigenvalue weighted by molar-refractivity contribution is -0.154. The second-order valence-electron chi connectivity index (χ2n) is 5.34. The smallest absolute Gasteiger partial charge is 0.330 e. The first-order valence-corrected chi connectivity index (χ1v) is 8.58. The van der Waals surface area contributed by atoms with Crippen LogP contribution in [0.25, 0.3) is 10.7 Å². The van der Waals surface area contributed by atoms with Crippen molar-refractivity contribution in [2.75, 3.05) is 5.32 Å². The van der Waals surface area contributed by atoms with Crippen LogP contribution in [0, 0.1) is 11.6 Å². The molecule has 0 fully saturated rings. The van der Waals surface area contributed by atoms with Gasteiger partial charge in [0.05, 0.1) is 4.88 Å².